The largest absolute Gasteiger partial charge is 0.507 e. The molecule has 43 heavy (non-hydrogen) atoms. The number of hydrogen-bond acceptors (Lipinski definition) is 9. The monoisotopic (exact) mass is 600 g/mol. The highest BCUT2D eigenvalue weighted by Gasteiger charge is 2.66. The number of carbonyl (C=O) groups excluding carboxylic acids is 3. The molecule has 0 aliphatic carbocycles. The van der Waals surface area contributed by atoms with Gasteiger partial charge >= 0.3 is 0 Å². The van der Waals surface area contributed by atoms with E-state index in [4.69, 9.17) is 18.9 Å². The van der Waals surface area contributed by atoms with Gasteiger partial charge in [-0.3, -0.25) is 14.4 Å². The Balaban J connectivity index is 1.36. The molecule has 11 atom stereocenters. The third-order valence-corrected chi connectivity index (χ3v) is 9.67. The van der Waals surface area contributed by atoms with Crippen LogP contribution in [0.2, 0.25) is 0 Å². The predicted molar refractivity (Wildman–Crippen MR) is 155 cm³/mol. The number of likely N-dealkylation sites (tertiary alicyclic amines) is 1. The van der Waals surface area contributed by atoms with Gasteiger partial charge in [-0.15, -0.1) is 0 Å². The minimum Gasteiger partial charge on any atom is -0.507 e. The topological polar surface area (TPSA) is 147 Å². The van der Waals surface area contributed by atoms with Crippen molar-refractivity contribution < 1.29 is 43.5 Å². The van der Waals surface area contributed by atoms with Gasteiger partial charge < -0.3 is 39.4 Å². The van der Waals surface area contributed by atoms with Gasteiger partial charge in [-0.2, -0.15) is 0 Å². The number of hydrogen-bond donors (Lipinski definition) is 3. The summed E-state index contributed by atoms with van der Waals surface area (Å²) in [6.45, 7) is 11.7. The first-order chi connectivity index (χ1) is 20.2. The Kier molecular flexibility index (Phi) is 8.51. The first-order valence-electron chi connectivity index (χ1n) is 15.1. The van der Waals surface area contributed by atoms with Crippen molar-refractivity contribution in [2.45, 2.75) is 102 Å². The van der Waals surface area contributed by atoms with E-state index < -0.39 is 65.1 Å². The normalized spacial score (nSPS) is 42.0. The van der Waals surface area contributed by atoms with Crippen LogP contribution in [0, 0.1) is 17.8 Å². The maximum Gasteiger partial charge on any atom is 0.264 e. The van der Waals surface area contributed by atoms with E-state index in [1.807, 2.05) is 19.9 Å². The fourth-order valence-corrected chi connectivity index (χ4v) is 6.82. The first-order valence-corrected chi connectivity index (χ1v) is 15.1. The fourth-order valence-electron chi connectivity index (χ4n) is 6.82. The van der Waals surface area contributed by atoms with Crippen molar-refractivity contribution in [2.75, 3.05) is 13.7 Å². The highest BCUT2D eigenvalue weighted by Crippen LogP contribution is 2.52. The van der Waals surface area contributed by atoms with Crippen LogP contribution in [0.15, 0.2) is 47.3 Å². The minimum atomic E-state index is -1.15. The van der Waals surface area contributed by atoms with Crippen LogP contribution in [0.3, 0.4) is 0 Å². The zero-order valence-corrected chi connectivity index (χ0v) is 25.9. The summed E-state index contributed by atoms with van der Waals surface area (Å²) in [6, 6.07) is -1.15. The molecule has 11 nitrogen and oxygen atoms in total. The number of nitrogens with zero attached hydrogens (tertiary/aromatic N) is 1. The van der Waals surface area contributed by atoms with E-state index in [0.29, 0.717) is 19.4 Å². The van der Waals surface area contributed by atoms with E-state index in [0.717, 1.165) is 5.57 Å². The number of ether oxygens (including phenoxy) is 4. The first kappa shape index (κ1) is 31.6. The zero-order chi connectivity index (χ0) is 31.4. The summed E-state index contributed by atoms with van der Waals surface area (Å²) in [6.07, 6.45) is 7.46. The second kappa shape index (κ2) is 11.6. The standard InChI is InChI=1S/C32H44N2O9/c1-16(14-17(2)28-18(3)23-12-13-32(15-40-32)31(6,42-23)43-28)8-9-22(36)25-27(37)26(19(4)29(38)33-7)34(30(25)39)24-11-10-21(35)20(5)41-24/h8-9,12-14,17-21,23-24,26,28,35-36H,10-11,15H2,1-7H3,(H,33,38)/b9-8+,16-14+,25-22+/t17?,18-,19-,20-,21-,23+,24-,26-,28+,31+,32+/m0/s1. The summed E-state index contributed by atoms with van der Waals surface area (Å²) in [5.41, 5.74) is -0.127. The van der Waals surface area contributed by atoms with Crippen LogP contribution in [0.1, 0.15) is 54.4 Å². The third kappa shape index (κ3) is 5.50. The van der Waals surface area contributed by atoms with Gasteiger partial charge in [0.05, 0.1) is 36.9 Å². The van der Waals surface area contributed by atoms with Gasteiger partial charge in [0.15, 0.2) is 11.4 Å². The average Bonchev–Trinajstić information content (AvgIpc) is 3.71. The van der Waals surface area contributed by atoms with Crippen LogP contribution >= 0.6 is 0 Å². The van der Waals surface area contributed by atoms with Crippen molar-refractivity contribution in [1.29, 1.82) is 0 Å². The van der Waals surface area contributed by atoms with E-state index in [-0.39, 0.29) is 29.6 Å². The Labute approximate surface area is 252 Å². The van der Waals surface area contributed by atoms with E-state index >= 15 is 0 Å². The zero-order valence-electron chi connectivity index (χ0n) is 25.9. The van der Waals surface area contributed by atoms with Crippen LogP contribution in [0.4, 0.5) is 0 Å². The highest BCUT2D eigenvalue weighted by molar-refractivity contribution is 6.27. The Morgan fingerprint density at radius 2 is 1.88 bits per heavy atom. The van der Waals surface area contributed by atoms with E-state index in [2.05, 4.69) is 31.3 Å². The fraction of sp³-hybridized carbons (Fsp3) is 0.656. The number of carbonyl (C=O) groups is 3. The Morgan fingerprint density at radius 1 is 1.19 bits per heavy atom. The molecule has 5 aliphatic heterocycles. The molecule has 0 radical (unpaired) electrons. The lowest BCUT2D eigenvalue weighted by atomic mass is 9.82. The molecular weight excluding hydrogens is 556 g/mol. The molecule has 0 saturated carbocycles. The molecule has 4 fully saturated rings. The summed E-state index contributed by atoms with van der Waals surface area (Å²) in [4.78, 5) is 41.1. The molecule has 4 saturated heterocycles. The summed E-state index contributed by atoms with van der Waals surface area (Å²) in [5, 5.41) is 23.7. The van der Waals surface area contributed by atoms with Gasteiger partial charge in [-0.1, -0.05) is 44.6 Å². The SMILES string of the molecule is CNC(=O)[C@@H](C)[C@H]1C(=O)/C(=C(O)/C=C/C(C)=C/C(C)[C@H]2O[C@@]3(C)O[C@H](C=C[C@@]34CO4)[C@@H]2C)C(=O)N1[C@@H]1CC[C@H](O)[C@H](C)O1. The van der Waals surface area contributed by atoms with Crippen LogP contribution in [0.5, 0.6) is 0 Å². The van der Waals surface area contributed by atoms with Gasteiger partial charge in [0.25, 0.3) is 5.91 Å². The van der Waals surface area contributed by atoms with Crippen LogP contribution < -0.4 is 5.32 Å². The Bertz CT molecular complexity index is 1280. The Morgan fingerprint density at radius 3 is 2.51 bits per heavy atom. The molecule has 3 N–H and O–H groups in total. The van der Waals surface area contributed by atoms with Crippen LogP contribution in [-0.2, 0) is 33.3 Å². The molecule has 0 aromatic carbocycles. The molecule has 11 heteroatoms. The molecule has 5 rings (SSSR count). The van der Waals surface area contributed by atoms with Crippen molar-refractivity contribution >= 4 is 17.6 Å². The lowest BCUT2D eigenvalue weighted by molar-refractivity contribution is -0.346. The lowest BCUT2D eigenvalue weighted by Crippen LogP contribution is -2.61. The maximum atomic E-state index is 13.6. The van der Waals surface area contributed by atoms with Crippen LogP contribution in [-0.4, -0.2) is 94.4 Å². The molecule has 2 amide bonds. The predicted octanol–water partition coefficient (Wildman–Crippen LogP) is 2.46. The molecule has 2 bridgehead atoms. The molecule has 0 aromatic heterocycles. The van der Waals surface area contributed by atoms with E-state index in [1.165, 1.54) is 18.0 Å². The molecular formula is C32H44N2O9. The van der Waals surface area contributed by atoms with Crippen molar-refractivity contribution in [1.82, 2.24) is 10.2 Å². The number of amides is 2. The van der Waals surface area contributed by atoms with Crippen LogP contribution in [0.25, 0.3) is 0 Å². The van der Waals surface area contributed by atoms with Gasteiger partial charge in [0.1, 0.15) is 23.6 Å². The molecule has 1 unspecified atom stereocenters. The second-order valence-corrected chi connectivity index (χ2v) is 12.7. The Hall–Kier alpha value is -2.83. The molecule has 5 heterocycles. The number of nitrogens with one attached hydrogen (secondary N) is 1. The molecule has 0 aromatic rings. The average molecular weight is 601 g/mol. The minimum absolute atomic E-state index is 0.0220. The third-order valence-electron chi connectivity index (χ3n) is 9.67. The summed E-state index contributed by atoms with van der Waals surface area (Å²) >= 11 is 0. The number of aliphatic hydroxyl groups is 2. The number of epoxide rings is 1. The summed E-state index contributed by atoms with van der Waals surface area (Å²) in [7, 11) is 1.46. The number of Topliss-reactive ketones (excluding diaryl/α,β-unsaturated/α-hetero) is 1. The molecule has 1 spiro atoms. The number of fused-ring (bicyclic) bond motifs is 3. The number of ketones is 1. The highest BCUT2D eigenvalue weighted by atomic mass is 16.8. The molecule has 236 valence electrons. The van der Waals surface area contributed by atoms with E-state index in [1.54, 1.807) is 19.9 Å². The van der Waals surface area contributed by atoms with Gasteiger partial charge in [0, 0.05) is 18.9 Å². The van der Waals surface area contributed by atoms with Crippen molar-refractivity contribution in [2.24, 2.45) is 17.8 Å². The number of allylic oxidation sites excluding steroid dienone is 3. The quantitative estimate of drug-likeness (QED) is 0.100. The van der Waals surface area contributed by atoms with Gasteiger partial charge in [0.2, 0.25) is 11.7 Å². The van der Waals surface area contributed by atoms with Gasteiger partial charge in [-0.25, -0.2) is 0 Å². The van der Waals surface area contributed by atoms with Crippen molar-refractivity contribution in [3.8, 4) is 0 Å². The van der Waals surface area contributed by atoms with E-state index in [9.17, 15) is 24.6 Å². The number of rotatable bonds is 7. The molecule has 5 aliphatic rings. The summed E-state index contributed by atoms with van der Waals surface area (Å²) < 4.78 is 24.3. The van der Waals surface area contributed by atoms with Gasteiger partial charge in [-0.05, 0) is 45.8 Å². The second-order valence-electron chi connectivity index (χ2n) is 12.7. The number of aliphatic hydroxyl groups excluding tert-OH is 2. The lowest BCUT2D eigenvalue weighted by Gasteiger charge is -2.51. The summed E-state index contributed by atoms with van der Waals surface area (Å²) in [5.74, 6) is -3.93. The smallest absolute Gasteiger partial charge is 0.264 e. The van der Waals surface area contributed by atoms with Crippen molar-refractivity contribution in [3.63, 3.8) is 0 Å². The van der Waals surface area contributed by atoms with Crippen molar-refractivity contribution in [3.05, 3.63) is 47.3 Å². The maximum absolute atomic E-state index is 13.6.